The van der Waals surface area contributed by atoms with Gasteiger partial charge < -0.3 is 4.90 Å². The van der Waals surface area contributed by atoms with E-state index in [1.54, 1.807) is 32.3 Å². The van der Waals surface area contributed by atoms with Crippen LogP contribution in [-0.2, 0) is 14.6 Å². The Morgan fingerprint density at radius 1 is 1.18 bits per heavy atom. The molecule has 17 heavy (non-hydrogen) atoms. The van der Waals surface area contributed by atoms with Gasteiger partial charge in [-0.1, -0.05) is 18.2 Å². The smallest absolute Gasteiger partial charge is 0.211 e. The molecule has 1 aromatic carbocycles. The average molecular weight is 253 g/mol. The van der Waals surface area contributed by atoms with Gasteiger partial charge in [0.2, 0.25) is 9.84 Å². The van der Waals surface area contributed by atoms with Gasteiger partial charge in [-0.25, -0.2) is 8.42 Å². The van der Waals surface area contributed by atoms with E-state index in [0.717, 1.165) is 0 Å². The number of carbonyl (C=O) groups excluding carboxylic acids is 1. The van der Waals surface area contributed by atoms with Crippen LogP contribution < -0.4 is 0 Å². The molecule has 0 amide bonds. The minimum absolute atomic E-state index is 0.128. The van der Waals surface area contributed by atoms with Gasteiger partial charge in [0.25, 0.3) is 0 Å². The molecule has 0 aromatic heterocycles. The molecule has 0 saturated heterocycles. The molecule has 0 fully saturated rings. The molecule has 1 rings (SSSR count). The maximum atomic E-state index is 12.2. The van der Waals surface area contributed by atoms with E-state index in [0.29, 0.717) is 0 Å². The monoisotopic (exact) mass is 253 g/mol. The lowest BCUT2D eigenvalue weighted by molar-refractivity contribution is -0.113. The van der Waals surface area contributed by atoms with Crippen LogP contribution in [0.25, 0.3) is 0 Å². The van der Waals surface area contributed by atoms with Crippen molar-refractivity contribution in [1.29, 1.82) is 0 Å². The van der Waals surface area contributed by atoms with Gasteiger partial charge in [0.15, 0.2) is 5.78 Å². The normalized spacial score (nSPS) is 12.3. The number of benzene rings is 1. The Morgan fingerprint density at radius 2 is 1.71 bits per heavy atom. The lowest BCUT2D eigenvalue weighted by Gasteiger charge is -2.10. The number of Topliss-reactive ketones (excluding diaryl/α,β-unsaturated/α-hetero) is 1. The molecule has 0 bridgehead atoms. The third-order valence-electron chi connectivity index (χ3n) is 2.07. The first-order valence-electron chi connectivity index (χ1n) is 5.05. The van der Waals surface area contributed by atoms with E-state index < -0.39 is 15.6 Å². The van der Waals surface area contributed by atoms with Crippen molar-refractivity contribution in [2.75, 3.05) is 14.1 Å². The van der Waals surface area contributed by atoms with Crippen LogP contribution in [0, 0.1) is 0 Å². The molecule has 0 aliphatic carbocycles. The second kappa shape index (κ2) is 5.14. The third kappa shape index (κ3) is 3.17. The fourth-order valence-corrected chi connectivity index (χ4v) is 2.81. The van der Waals surface area contributed by atoms with Crippen molar-refractivity contribution < 1.29 is 13.2 Å². The number of sulfone groups is 1. The molecule has 0 N–H and O–H groups in total. The lowest BCUT2D eigenvalue weighted by atomic mass is 10.4. The van der Waals surface area contributed by atoms with Crippen molar-refractivity contribution in [3.8, 4) is 0 Å². The second-order valence-corrected chi connectivity index (χ2v) is 5.75. The third-order valence-corrected chi connectivity index (χ3v) is 3.93. The number of rotatable bonds is 4. The molecule has 4 nitrogen and oxygen atoms in total. The van der Waals surface area contributed by atoms with Gasteiger partial charge in [-0.15, -0.1) is 0 Å². The Kier molecular flexibility index (Phi) is 4.07. The van der Waals surface area contributed by atoms with Crippen LogP contribution in [0.15, 0.2) is 46.3 Å². The zero-order valence-corrected chi connectivity index (χ0v) is 10.9. The van der Waals surface area contributed by atoms with Crippen molar-refractivity contribution in [2.45, 2.75) is 11.8 Å². The number of carbonyl (C=O) groups is 1. The van der Waals surface area contributed by atoms with E-state index >= 15 is 0 Å². The number of nitrogens with zero attached hydrogens (tertiary/aromatic N) is 1. The Morgan fingerprint density at radius 3 is 2.12 bits per heavy atom. The molecule has 0 radical (unpaired) electrons. The molecule has 0 heterocycles. The van der Waals surface area contributed by atoms with Crippen molar-refractivity contribution in [3.05, 3.63) is 41.4 Å². The molecule has 5 heteroatoms. The van der Waals surface area contributed by atoms with Gasteiger partial charge in [-0.3, -0.25) is 4.79 Å². The minimum Gasteiger partial charge on any atom is -0.382 e. The Labute approximate surface area is 101 Å². The fraction of sp³-hybridized carbons (Fsp3) is 0.250. The SMILES string of the molecule is CC(=O)/C(=C/N(C)C)S(=O)(=O)c1ccccc1. The van der Waals surface area contributed by atoms with E-state index in [9.17, 15) is 13.2 Å². The average Bonchev–Trinajstić information content (AvgIpc) is 2.26. The van der Waals surface area contributed by atoms with Crippen LogP contribution >= 0.6 is 0 Å². The lowest BCUT2D eigenvalue weighted by Crippen LogP contribution is -2.15. The predicted octanol–water partition coefficient (Wildman–Crippen LogP) is 1.45. The van der Waals surface area contributed by atoms with Gasteiger partial charge in [0.1, 0.15) is 4.91 Å². The quantitative estimate of drug-likeness (QED) is 0.762. The summed E-state index contributed by atoms with van der Waals surface area (Å²) in [5, 5.41) is 0. The first-order chi connectivity index (χ1) is 7.85. The van der Waals surface area contributed by atoms with Crippen LogP contribution in [0.1, 0.15) is 6.92 Å². The maximum Gasteiger partial charge on any atom is 0.211 e. The van der Waals surface area contributed by atoms with E-state index in [1.807, 2.05) is 0 Å². The van der Waals surface area contributed by atoms with Crippen molar-refractivity contribution in [1.82, 2.24) is 4.90 Å². The molecular formula is C12H15NO3S. The number of hydrogen-bond acceptors (Lipinski definition) is 4. The summed E-state index contributed by atoms with van der Waals surface area (Å²) in [7, 11) is -0.385. The molecule has 0 spiro atoms. The standard InChI is InChI=1S/C12H15NO3S/c1-10(14)12(9-13(2)3)17(15,16)11-7-5-4-6-8-11/h4-9H,1-3H3/b12-9-. The first-order valence-corrected chi connectivity index (χ1v) is 6.53. The molecule has 1 aromatic rings. The highest BCUT2D eigenvalue weighted by molar-refractivity contribution is 7.96. The summed E-state index contributed by atoms with van der Waals surface area (Å²) in [6, 6.07) is 7.92. The van der Waals surface area contributed by atoms with E-state index in [4.69, 9.17) is 0 Å². The van der Waals surface area contributed by atoms with Crippen LogP contribution in [-0.4, -0.2) is 33.2 Å². The van der Waals surface area contributed by atoms with Gasteiger partial charge in [0.05, 0.1) is 4.90 Å². The molecule has 0 atom stereocenters. The number of allylic oxidation sites excluding steroid dienone is 1. The molecule has 0 saturated carbocycles. The summed E-state index contributed by atoms with van der Waals surface area (Å²) in [4.78, 5) is 12.9. The van der Waals surface area contributed by atoms with Crippen LogP contribution in [0.3, 0.4) is 0 Å². The predicted molar refractivity (Wildman–Crippen MR) is 66.1 cm³/mol. The Bertz CT molecular complexity index is 530. The molecule has 0 aliphatic rings. The summed E-state index contributed by atoms with van der Waals surface area (Å²) in [5.41, 5.74) is 0. The second-order valence-electron chi connectivity index (χ2n) is 3.83. The van der Waals surface area contributed by atoms with Crippen LogP contribution in [0.4, 0.5) is 0 Å². The van der Waals surface area contributed by atoms with Gasteiger partial charge in [-0.05, 0) is 19.1 Å². The van der Waals surface area contributed by atoms with Crippen molar-refractivity contribution >= 4 is 15.6 Å². The van der Waals surface area contributed by atoms with Crippen LogP contribution in [0.2, 0.25) is 0 Å². The van der Waals surface area contributed by atoms with Crippen LogP contribution in [0.5, 0.6) is 0 Å². The zero-order chi connectivity index (χ0) is 13.1. The molecule has 0 unspecified atom stereocenters. The summed E-state index contributed by atoms with van der Waals surface area (Å²) >= 11 is 0. The minimum atomic E-state index is -3.73. The zero-order valence-electron chi connectivity index (χ0n) is 10.0. The maximum absolute atomic E-state index is 12.2. The van der Waals surface area contributed by atoms with E-state index in [1.165, 1.54) is 30.2 Å². The van der Waals surface area contributed by atoms with Crippen molar-refractivity contribution in [2.24, 2.45) is 0 Å². The van der Waals surface area contributed by atoms with Crippen molar-refractivity contribution in [3.63, 3.8) is 0 Å². The highest BCUT2D eigenvalue weighted by atomic mass is 32.2. The van der Waals surface area contributed by atoms with E-state index in [2.05, 4.69) is 0 Å². The molecule has 92 valence electrons. The Hall–Kier alpha value is -1.62. The topological polar surface area (TPSA) is 54.5 Å². The van der Waals surface area contributed by atoms with Gasteiger partial charge >= 0.3 is 0 Å². The molecular weight excluding hydrogens is 238 g/mol. The number of hydrogen-bond donors (Lipinski definition) is 0. The highest BCUT2D eigenvalue weighted by Crippen LogP contribution is 2.19. The summed E-state index contributed by atoms with van der Waals surface area (Å²) in [6.07, 6.45) is 1.32. The fourth-order valence-electron chi connectivity index (χ4n) is 1.31. The summed E-state index contributed by atoms with van der Waals surface area (Å²) in [5.74, 6) is -0.470. The van der Waals surface area contributed by atoms with Gasteiger partial charge in [-0.2, -0.15) is 0 Å². The van der Waals surface area contributed by atoms with E-state index in [-0.39, 0.29) is 9.80 Å². The largest absolute Gasteiger partial charge is 0.382 e. The Balaban J connectivity index is 3.34. The number of ketones is 1. The highest BCUT2D eigenvalue weighted by Gasteiger charge is 2.24. The molecule has 0 aliphatic heterocycles. The summed E-state index contributed by atoms with van der Waals surface area (Å²) in [6.45, 7) is 1.25. The van der Waals surface area contributed by atoms with Gasteiger partial charge in [0, 0.05) is 20.3 Å². The first kappa shape index (κ1) is 13.4. The summed E-state index contributed by atoms with van der Waals surface area (Å²) < 4.78 is 24.4.